The van der Waals surface area contributed by atoms with Gasteiger partial charge in [-0.25, -0.2) is 5.06 Å². The first-order chi connectivity index (χ1) is 13.7. The number of benzene rings is 1. The maximum Gasteiger partial charge on any atom is 0.296 e. The fourth-order valence-electron chi connectivity index (χ4n) is 3.88. The maximum absolute atomic E-state index is 12.6. The lowest BCUT2D eigenvalue weighted by Gasteiger charge is -2.32. The van der Waals surface area contributed by atoms with Crippen LogP contribution >= 0.6 is 0 Å². The first kappa shape index (κ1) is 18.5. The number of anilines is 1. The van der Waals surface area contributed by atoms with Gasteiger partial charge in [0.05, 0.1) is 6.54 Å². The predicted molar refractivity (Wildman–Crippen MR) is 108 cm³/mol. The molecule has 2 aliphatic heterocycles. The molecule has 0 radical (unpaired) electrons. The van der Waals surface area contributed by atoms with Gasteiger partial charge in [-0.3, -0.25) is 15.0 Å². The summed E-state index contributed by atoms with van der Waals surface area (Å²) in [5, 5.41) is 10.9. The predicted octanol–water partition coefficient (Wildman–Crippen LogP) is 3.30. The Morgan fingerprint density at radius 2 is 1.86 bits per heavy atom. The third-order valence-corrected chi connectivity index (χ3v) is 5.43. The summed E-state index contributed by atoms with van der Waals surface area (Å²) in [6.45, 7) is 4.24. The van der Waals surface area contributed by atoms with Crippen LogP contribution in [-0.4, -0.2) is 52.2 Å². The van der Waals surface area contributed by atoms with Crippen molar-refractivity contribution in [3.8, 4) is 0 Å². The molecule has 1 saturated heterocycles. The first-order valence-electron chi connectivity index (χ1n) is 9.90. The Morgan fingerprint density at radius 3 is 2.57 bits per heavy atom. The Kier molecular flexibility index (Phi) is 5.58. The second-order valence-corrected chi connectivity index (χ2v) is 7.33. The molecular weight excluding hydrogens is 352 g/mol. The van der Waals surface area contributed by atoms with E-state index in [2.05, 4.69) is 20.9 Å². The maximum atomic E-state index is 12.6. The summed E-state index contributed by atoms with van der Waals surface area (Å²) in [6, 6.07) is 13.1. The van der Waals surface area contributed by atoms with E-state index in [4.69, 9.17) is 0 Å². The molecule has 1 amide bonds. The smallest absolute Gasteiger partial charge is 0.296 e. The number of hydroxylamine groups is 2. The molecule has 1 aromatic carbocycles. The van der Waals surface area contributed by atoms with Crippen LogP contribution in [0.4, 0.5) is 5.69 Å². The van der Waals surface area contributed by atoms with Crippen molar-refractivity contribution in [2.45, 2.75) is 25.8 Å². The Bertz CT molecular complexity index is 847. The van der Waals surface area contributed by atoms with Crippen LogP contribution in [0.5, 0.6) is 0 Å². The van der Waals surface area contributed by atoms with E-state index in [9.17, 15) is 10.0 Å². The molecule has 0 saturated carbocycles. The van der Waals surface area contributed by atoms with Gasteiger partial charge in [0.25, 0.3) is 5.91 Å². The molecule has 146 valence electrons. The average Bonchev–Trinajstić information content (AvgIpc) is 3.29. The third-order valence-electron chi connectivity index (χ3n) is 5.43. The lowest BCUT2D eigenvalue weighted by atomic mass is 10.1. The van der Waals surface area contributed by atoms with E-state index in [1.807, 2.05) is 36.4 Å². The number of rotatable bonds is 5. The van der Waals surface area contributed by atoms with E-state index in [1.54, 1.807) is 12.3 Å². The number of carbonyl (C=O) groups is 1. The number of nitrogens with zero attached hydrogens (tertiary/aromatic N) is 4. The zero-order chi connectivity index (χ0) is 19.3. The van der Waals surface area contributed by atoms with Gasteiger partial charge in [0.1, 0.15) is 5.69 Å². The molecule has 1 fully saturated rings. The van der Waals surface area contributed by atoms with Crippen molar-refractivity contribution in [3.05, 3.63) is 71.7 Å². The summed E-state index contributed by atoms with van der Waals surface area (Å²) >= 11 is 0. The molecular formula is C22H26N4O2. The highest BCUT2D eigenvalue weighted by atomic mass is 16.5. The van der Waals surface area contributed by atoms with Gasteiger partial charge in [0, 0.05) is 50.2 Å². The molecule has 6 heteroatoms. The summed E-state index contributed by atoms with van der Waals surface area (Å²) in [5.74, 6) is -0.490. The van der Waals surface area contributed by atoms with Gasteiger partial charge in [0.15, 0.2) is 0 Å². The summed E-state index contributed by atoms with van der Waals surface area (Å²) in [6.07, 6.45) is 7.53. The fourth-order valence-corrected chi connectivity index (χ4v) is 3.88. The largest absolute Gasteiger partial charge is 0.375 e. The molecule has 1 aromatic heterocycles. The van der Waals surface area contributed by atoms with Crippen LogP contribution in [0.3, 0.4) is 0 Å². The molecule has 0 aliphatic carbocycles. The number of hydrogen-bond acceptors (Lipinski definition) is 5. The highest BCUT2D eigenvalue weighted by Gasteiger charge is 2.21. The fraction of sp³-hybridized carbons (Fsp3) is 0.364. The summed E-state index contributed by atoms with van der Waals surface area (Å²) in [4.78, 5) is 21.5. The van der Waals surface area contributed by atoms with E-state index in [1.165, 1.54) is 31.6 Å². The van der Waals surface area contributed by atoms with Crippen LogP contribution in [-0.2, 0) is 6.54 Å². The summed E-state index contributed by atoms with van der Waals surface area (Å²) < 4.78 is 0. The van der Waals surface area contributed by atoms with E-state index in [0.29, 0.717) is 0 Å². The Balaban J connectivity index is 1.42. The molecule has 2 aliphatic rings. The van der Waals surface area contributed by atoms with Gasteiger partial charge in [-0.2, -0.15) is 0 Å². The highest BCUT2D eigenvalue weighted by Crippen LogP contribution is 2.24. The molecule has 0 bridgehead atoms. The molecule has 3 heterocycles. The van der Waals surface area contributed by atoms with Crippen LogP contribution < -0.4 is 4.90 Å². The molecule has 0 unspecified atom stereocenters. The van der Waals surface area contributed by atoms with Crippen molar-refractivity contribution in [2.75, 3.05) is 31.1 Å². The second-order valence-electron chi connectivity index (χ2n) is 7.33. The first-order valence-corrected chi connectivity index (χ1v) is 9.90. The molecule has 2 aromatic rings. The quantitative estimate of drug-likeness (QED) is 0.639. The van der Waals surface area contributed by atoms with Crippen molar-refractivity contribution in [2.24, 2.45) is 0 Å². The van der Waals surface area contributed by atoms with Crippen LogP contribution in [0.2, 0.25) is 0 Å². The van der Waals surface area contributed by atoms with E-state index in [-0.39, 0.29) is 12.2 Å². The minimum absolute atomic E-state index is 0.136. The SMILES string of the molecule is O=C(c1cc(N2CC=C(N3CCCC3)CC2)ccn1)N(O)Cc1ccccc1. The van der Waals surface area contributed by atoms with Crippen molar-refractivity contribution < 1.29 is 10.0 Å². The minimum atomic E-state index is -0.490. The minimum Gasteiger partial charge on any atom is -0.375 e. The number of aromatic nitrogens is 1. The Labute approximate surface area is 165 Å². The normalized spacial score (nSPS) is 16.8. The molecule has 28 heavy (non-hydrogen) atoms. The number of amides is 1. The van der Waals surface area contributed by atoms with E-state index < -0.39 is 5.91 Å². The van der Waals surface area contributed by atoms with Crippen LogP contribution in [0.25, 0.3) is 0 Å². The molecule has 1 N–H and O–H groups in total. The zero-order valence-corrected chi connectivity index (χ0v) is 16.0. The monoisotopic (exact) mass is 378 g/mol. The van der Waals surface area contributed by atoms with Gasteiger partial charge in [-0.05, 0) is 36.6 Å². The van der Waals surface area contributed by atoms with Crippen molar-refractivity contribution >= 4 is 11.6 Å². The molecule has 0 spiro atoms. The van der Waals surface area contributed by atoms with Gasteiger partial charge in [-0.1, -0.05) is 30.3 Å². The lowest BCUT2D eigenvalue weighted by molar-refractivity contribution is -0.0652. The number of likely N-dealkylation sites (tertiary alicyclic amines) is 1. The highest BCUT2D eigenvalue weighted by molar-refractivity contribution is 5.92. The van der Waals surface area contributed by atoms with Crippen molar-refractivity contribution in [1.29, 1.82) is 0 Å². The number of pyridine rings is 1. The topological polar surface area (TPSA) is 59.9 Å². The van der Waals surface area contributed by atoms with Crippen molar-refractivity contribution in [3.63, 3.8) is 0 Å². The second kappa shape index (κ2) is 8.44. The van der Waals surface area contributed by atoms with E-state index >= 15 is 0 Å². The number of carbonyl (C=O) groups excluding carboxylic acids is 1. The van der Waals surface area contributed by atoms with Gasteiger partial charge in [-0.15, -0.1) is 0 Å². The van der Waals surface area contributed by atoms with Crippen LogP contribution in [0.1, 0.15) is 35.3 Å². The average molecular weight is 378 g/mol. The third kappa shape index (κ3) is 4.17. The Morgan fingerprint density at radius 1 is 1.07 bits per heavy atom. The van der Waals surface area contributed by atoms with E-state index in [0.717, 1.165) is 35.8 Å². The standard InChI is InChI=1S/C22H26N4O2/c27-22(26(28)17-18-6-2-1-3-7-18)21-16-20(8-11-23-21)25-14-9-19(10-15-25)24-12-4-5-13-24/h1-3,6-9,11,16,28H,4-5,10,12-15,17H2. The van der Waals surface area contributed by atoms with Gasteiger partial charge < -0.3 is 9.80 Å². The van der Waals surface area contributed by atoms with Gasteiger partial charge >= 0.3 is 0 Å². The molecule has 0 atom stereocenters. The van der Waals surface area contributed by atoms with Crippen molar-refractivity contribution in [1.82, 2.24) is 14.9 Å². The van der Waals surface area contributed by atoms with Crippen LogP contribution in [0, 0.1) is 0 Å². The summed E-state index contributed by atoms with van der Waals surface area (Å²) in [7, 11) is 0. The number of hydrogen-bond donors (Lipinski definition) is 1. The molecule has 4 rings (SSSR count). The zero-order valence-electron chi connectivity index (χ0n) is 16.0. The van der Waals surface area contributed by atoms with Crippen LogP contribution in [0.15, 0.2) is 60.4 Å². The summed E-state index contributed by atoms with van der Waals surface area (Å²) in [5.41, 5.74) is 3.53. The molecule has 6 nitrogen and oxygen atoms in total. The Hall–Kier alpha value is -2.86. The lowest BCUT2D eigenvalue weighted by Crippen LogP contribution is -2.33. The van der Waals surface area contributed by atoms with Gasteiger partial charge in [0.2, 0.25) is 0 Å².